The number of aryl methyl sites for hydroxylation is 1. The maximum atomic E-state index is 11.0. The fourth-order valence-corrected chi connectivity index (χ4v) is 1.01. The van der Waals surface area contributed by atoms with Crippen LogP contribution in [0.2, 0.25) is 0 Å². The zero-order chi connectivity index (χ0) is 9.52. The summed E-state index contributed by atoms with van der Waals surface area (Å²) >= 11 is 0. The summed E-state index contributed by atoms with van der Waals surface area (Å²) < 4.78 is 0. The molecule has 0 amide bonds. The summed E-state index contributed by atoms with van der Waals surface area (Å²) in [7, 11) is 0. The van der Waals surface area contributed by atoms with Crippen LogP contribution in [0.25, 0.3) is 0 Å². The third-order valence-corrected chi connectivity index (χ3v) is 1.69. The molecule has 0 spiro atoms. The van der Waals surface area contributed by atoms with Crippen LogP contribution in [-0.4, -0.2) is 22.5 Å². The minimum Gasteiger partial charge on any atom is -0.316 e. The van der Waals surface area contributed by atoms with Gasteiger partial charge in [0.2, 0.25) is 0 Å². The van der Waals surface area contributed by atoms with E-state index >= 15 is 0 Å². The number of hydrogen-bond donors (Lipinski definition) is 2. The average molecular weight is 180 g/mol. The number of hydrogen-bond acceptors (Lipinski definition) is 4. The zero-order valence-electron chi connectivity index (χ0n) is 7.23. The van der Waals surface area contributed by atoms with Crippen LogP contribution in [0.5, 0.6) is 0 Å². The number of pyridine rings is 1. The Bertz CT molecular complexity index is 262. The van der Waals surface area contributed by atoms with Gasteiger partial charge in [-0.3, -0.25) is 9.78 Å². The molecule has 0 saturated carbocycles. The first kappa shape index (κ1) is 9.83. The predicted octanol–water partition coefficient (Wildman–Crippen LogP) is 0.562. The molecular formula is C9H12N2O2. The number of aromatic nitrogens is 1. The highest BCUT2D eigenvalue weighted by Gasteiger charge is 2.00. The predicted molar refractivity (Wildman–Crippen MR) is 47.4 cm³/mol. The van der Waals surface area contributed by atoms with Crippen molar-refractivity contribution in [2.24, 2.45) is 0 Å². The molecule has 1 aromatic heterocycles. The third kappa shape index (κ3) is 3.78. The number of nitrogens with zero attached hydrogens (tertiary/aromatic N) is 1. The Morgan fingerprint density at radius 3 is 3.08 bits per heavy atom. The van der Waals surface area contributed by atoms with E-state index in [0.717, 1.165) is 5.56 Å². The van der Waals surface area contributed by atoms with Gasteiger partial charge in [-0.15, -0.1) is 0 Å². The van der Waals surface area contributed by atoms with Crippen molar-refractivity contribution in [3.63, 3.8) is 0 Å². The maximum absolute atomic E-state index is 11.0. The Labute approximate surface area is 76.6 Å². The molecule has 13 heavy (non-hydrogen) atoms. The second-order valence-electron chi connectivity index (χ2n) is 2.73. The fourth-order valence-electron chi connectivity index (χ4n) is 1.01. The molecule has 0 aromatic carbocycles. The van der Waals surface area contributed by atoms with E-state index in [2.05, 4.69) is 4.98 Å². The van der Waals surface area contributed by atoms with Crippen molar-refractivity contribution in [3.05, 3.63) is 30.1 Å². The molecule has 0 fully saturated rings. The van der Waals surface area contributed by atoms with E-state index in [-0.39, 0.29) is 12.3 Å². The summed E-state index contributed by atoms with van der Waals surface area (Å²) in [5.41, 5.74) is 2.87. The van der Waals surface area contributed by atoms with E-state index in [1.165, 1.54) is 0 Å². The highest BCUT2D eigenvalue weighted by molar-refractivity contribution is 5.80. The monoisotopic (exact) mass is 180 g/mol. The van der Waals surface area contributed by atoms with Gasteiger partial charge in [0.15, 0.2) is 0 Å². The lowest BCUT2D eigenvalue weighted by atomic mass is 10.1. The topological polar surface area (TPSA) is 62.2 Å². The molecule has 2 N–H and O–H groups in total. The summed E-state index contributed by atoms with van der Waals surface area (Å²) in [6.45, 7) is 0.0141. The van der Waals surface area contributed by atoms with Crippen LogP contribution < -0.4 is 5.48 Å². The van der Waals surface area contributed by atoms with Gasteiger partial charge in [-0.05, 0) is 18.1 Å². The second-order valence-corrected chi connectivity index (χ2v) is 2.73. The lowest BCUT2D eigenvalue weighted by Gasteiger charge is -1.99. The number of hydroxylamine groups is 1. The van der Waals surface area contributed by atoms with Gasteiger partial charge in [-0.1, -0.05) is 6.07 Å². The van der Waals surface area contributed by atoms with E-state index in [1.54, 1.807) is 12.4 Å². The SMILES string of the molecule is O=C(CCc1cccnc1)CNO. The van der Waals surface area contributed by atoms with Gasteiger partial charge in [-0.2, -0.15) is 5.48 Å². The summed E-state index contributed by atoms with van der Waals surface area (Å²) in [4.78, 5) is 14.9. The largest absolute Gasteiger partial charge is 0.316 e. The van der Waals surface area contributed by atoms with Crippen molar-refractivity contribution in [3.8, 4) is 0 Å². The number of rotatable bonds is 5. The molecule has 1 rings (SSSR count). The molecule has 0 radical (unpaired) electrons. The van der Waals surface area contributed by atoms with Gasteiger partial charge in [0.1, 0.15) is 5.78 Å². The molecule has 1 aromatic rings. The van der Waals surface area contributed by atoms with Crippen LogP contribution in [0.1, 0.15) is 12.0 Å². The molecule has 4 nitrogen and oxygen atoms in total. The van der Waals surface area contributed by atoms with Crippen LogP contribution in [0.15, 0.2) is 24.5 Å². The van der Waals surface area contributed by atoms with Gasteiger partial charge in [0.25, 0.3) is 0 Å². The Balaban J connectivity index is 2.31. The minimum absolute atomic E-state index is 0.00801. The van der Waals surface area contributed by atoms with Crippen LogP contribution in [0.3, 0.4) is 0 Å². The van der Waals surface area contributed by atoms with Crippen molar-refractivity contribution in [2.45, 2.75) is 12.8 Å². The Morgan fingerprint density at radius 2 is 2.46 bits per heavy atom. The molecule has 0 aliphatic carbocycles. The van der Waals surface area contributed by atoms with Crippen molar-refractivity contribution in [2.75, 3.05) is 6.54 Å². The average Bonchev–Trinajstić information content (AvgIpc) is 2.17. The molecule has 0 unspecified atom stereocenters. The molecule has 4 heteroatoms. The van der Waals surface area contributed by atoms with E-state index in [0.29, 0.717) is 12.8 Å². The Morgan fingerprint density at radius 1 is 1.62 bits per heavy atom. The summed E-state index contributed by atoms with van der Waals surface area (Å²) in [6, 6.07) is 3.76. The number of nitrogens with one attached hydrogen (secondary N) is 1. The highest BCUT2D eigenvalue weighted by Crippen LogP contribution is 2.00. The van der Waals surface area contributed by atoms with Crippen molar-refractivity contribution < 1.29 is 10.0 Å². The first-order valence-corrected chi connectivity index (χ1v) is 4.10. The highest BCUT2D eigenvalue weighted by atomic mass is 16.5. The lowest BCUT2D eigenvalue weighted by molar-refractivity contribution is -0.119. The quantitative estimate of drug-likeness (QED) is 0.650. The van der Waals surface area contributed by atoms with Crippen LogP contribution in [-0.2, 0) is 11.2 Å². The number of ketones is 1. The minimum atomic E-state index is -0.00801. The molecule has 0 aliphatic heterocycles. The number of carbonyl (C=O) groups is 1. The Kier molecular flexibility index (Phi) is 4.08. The van der Waals surface area contributed by atoms with E-state index in [9.17, 15) is 4.79 Å². The van der Waals surface area contributed by atoms with Crippen molar-refractivity contribution >= 4 is 5.78 Å². The van der Waals surface area contributed by atoms with Gasteiger partial charge in [0.05, 0.1) is 6.54 Å². The van der Waals surface area contributed by atoms with Gasteiger partial charge < -0.3 is 5.21 Å². The number of carbonyl (C=O) groups excluding carboxylic acids is 1. The Hall–Kier alpha value is -1.26. The zero-order valence-corrected chi connectivity index (χ0v) is 7.23. The molecule has 0 saturated heterocycles. The smallest absolute Gasteiger partial charge is 0.149 e. The van der Waals surface area contributed by atoms with Crippen LogP contribution >= 0.6 is 0 Å². The van der Waals surface area contributed by atoms with E-state index in [1.807, 2.05) is 17.6 Å². The molecule has 70 valence electrons. The van der Waals surface area contributed by atoms with Crippen molar-refractivity contribution in [1.82, 2.24) is 10.5 Å². The third-order valence-electron chi connectivity index (χ3n) is 1.69. The molecule has 1 heterocycles. The first-order valence-electron chi connectivity index (χ1n) is 4.10. The number of Topliss-reactive ketones (excluding diaryl/α,β-unsaturated/α-hetero) is 1. The van der Waals surface area contributed by atoms with Gasteiger partial charge >= 0.3 is 0 Å². The van der Waals surface area contributed by atoms with E-state index < -0.39 is 0 Å². The second kappa shape index (κ2) is 5.40. The van der Waals surface area contributed by atoms with Crippen LogP contribution in [0, 0.1) is 0 Å². The summed E-state index contributed by atoms with van der Waals surface area (Å²) in [5.74, 6) is -0.00801. The summed E-state index contributed by atoms with van der Waals surface area (Å²) in [6.07, 6.45) is 4.54. The molecule has 0 aliphatic rings. The summed E-state index contributed by atoms with van der Waals surface area (Å²) in [5, 5.41) is 8.25. The lowest BCUT2D eigenvalue weighted by Crippen LogP contribution is -2.19. The maximum Gasteiger partial charge on any atom is 0.149 e. The molecule has 0 bridgehead atoms. The van der Waals surface area contributed by atoms with Gasteiger partial charge in [0, 0.05) is 18.8 Å². The van der Waals surface area contributed by atoms with E-state index in [4.69, 9.17) is 5.21 Å². The normalized spacial score (nSPS) is 9.92. The standard InChI is InChI=1S/C9H12N2O2/c12-9(7-11-13)4-3-8-2-1-5-10-6-8/h1-2,5-6,11,13H,3-4,7H2. The molecular weight excluding hydrogens is 168 g/mol. The van der Waals surface area contributed by atoms with Crippen molar-refractivity contribution in [1.29, 1.82) is 0 Å². The van der Waals surface area contributed by atoms with Crippen LogP contribution in [0.4, 0.5) is 0 Å². The first-order chi connectivity index (χ1) is 6.33. The fraction of sp³-hybridized carbons (Fsp3) is 0.333. The molecule has 0 atom stereocenters. The van der Waals surface area contributed by atoms with Gasteiger partial charge in [-0.25, -0.2) is 0 Å².